The first-order valence-electron chi connectivity index (χ1n) is 5.97. The van der Waals surface area contributed by atoms with Crippen LogP contribution in [0.25, 0.3) is 0 Å². The summed E-state index contributed by atoms with van der Waals surface area (Å²) in [6.07, 6.45) is 0. The Hall–Kier alpha value is -0.930. The number of carbonyl (C=O) groups is 1. The van der Waals surface area contributed by atoms with Crippen molar-refractivity contribution in [3.63, 3.8) is 0 Å². The molecule has 0 heterocycles. The van der Waals surface area contributed by atoms with Gasteiger partial charge in [-0.25, -0.2) is 0 Å². The van der Waals surface area contributed by atoms with E-state index in [0.717, 1.165) is 25.6 Å². The molecule has 0 radical (unpaired) electrons. The van der Waals surface area contributed by atoms with Gasteiger partial charge in [0.1, 0.15) is 0 Å². The molecule has 2 rings (SSSR count). The maximum absolute atomic E-state index is 12.6. The lowest BCUT2D eigenvalue weighted by Crippen LogP contribution is -2.06. The Balaban J connectivity index is 2.53. The minimum absolute atomic E-state index is 0.0555. The molecular formula is C16H14Br2O. The number of carbonyl (C=O) groups excluding carboxylic acids is 1. The molecule has 3 heteroatoms. The highest BCUT2D eigenvalue weighted by Gasteiger charge is 2.15. The van der Waals surface area contributed by atoms with Gasteiger partial charge in [-0.1, -0.05) is 22.0 Å². The average molecular weight is 382 g/mol. The first-order chi connectivity index (χ1) is 8.90. The van der Waals surface area contributed by atoms with E-state index in [1.165, 1.54) is 5.56 Å². The predicted molar refractivity (Wildman–Crippen MR) is 85.9 cm³/mol. The van der Waals surface area contributed by atoms with Gasteiger partial charge < -0.3 is 0 Å². The molecule has 0 saturated heterocycles. The highest BCUT2D eigenvalue weighted by atomic mass is 79.9. The Kier molecular flexibility index (Phi) is 4.26. The highest BCUT2D eigenvalue weighted by molar-refractivity contribution is 9.11. The molecule has 19 heavy (non-hydrogen) atoms. The van der Waals surface area contributed by atoms with Gasteiger partial charge in [0.25, 0.3) is 0 Å². The van der Waals surface area contributed by atoms with Crippen LogP contribution in [0.3, 0.4) is 0 Å². The lowest BCUT2D eigenvalue weighted by atomic mass is 9.95. The fourth-order valence-corrected chi connectivity index (χ4v) is 3.25. The van der Waals surface area contributed by atoms with E-state index >= 15 is 0 Å². The van der Waals surface area contributed by atoms with E-state index in [-0.39, 0.29) is 5.78 Å². The standard InChI is InChI=1S/C16H14Br2O/c1-9-6-11(3)14(7-10(9)2)16(19)13-5-4-12(17)8-15(13)18/h4-8H,1-3H3. The van der Waals surface area contributed by atoms with Gasteiger partial charge in [0.05, 0.1) is 0 Å². The smallest absolute Gasteiger partial charge is 0.194 e. The number of rotatable bonds is 2. The van der Waals surface area contributed by atoms with Gasteiger partial charge in [0.2, 0.25) is 0 Å². The third-order valence-electron chi connectivity index (χ3n) is 3.26. The molecule has 2 aromatic rings. The second kappa shape index (κ2) is 5.59. The quantitative estimate of drug-likeness (QED) is 0.639. The van der Waals surface area contributed by atoms with E-state index in [0.29, 0.717) is 5.56 Å². The van der Waals surface area contributed by atoms with Crippen LogP contribution < -0.4 is 0 Å². The van der Waals surface area contributed by atoms with Crippen molar-refractivity contribution in [2.75, 3.05) is 0 Å². The SMILES string of the molecule is Cc1cc(C)c(C(=O)c2ccc(Br)cc2Br)cc1C. The summed E-state index contributed by atoms with van der Waals surface area (Å²) in [6, 6.07) is 9.65. The largest absolute Gasteiger partial charge is 0.289 e. The van der Waals surface area contributed by atoms with Gasteiger partial charge in [0.15, 0.2) is 5.78 Å². The van der Waals surface area contributed by atoms with E-state index in [4.69, 9.17) is 0 Å². The van der Waals surface area contributed by atoms with Crippen LogP contribution in [-0.4, -0.2) is 5.78 Å². The van der Waals surface area contributed by atoms with Gasteiger partial charge in [0, 0.05) is 20.1 Å². The van der Waals surface area contributed by atoms with Gasteiger partial charge in [-0.3, -0.25) is 4.79 Å². The van der Waals surface area contributed by atoms with Crippen molar-refractivity contribution in [1.29, 1.82) is 0 Å². The lowest BCUT2D eigenvalue weighted by Gasteiger charge is -2.10. The zero-order valence-corrected chi connectivity index (χ0v) is 14.2. The van der Waals surface area contributed by atoms with Crippen molar-refractivity contribution < 1.29 is 4.79 Å². The number of aryl methyl sites for hydroxylation is 3. The third kappa shape index (κ3) is 2.98. The van der Waals surface area contributed by atoms with E-state index in [1.54, 1.807) is 0 Å². The minimum atomic E-state index is 0.0555. The molecule has 0 aliphatic carbocycles. The van der Waals surface area contributed by atoms with Crippen LogP contribution in [0.15, 0.2) is 39.3 Å². The molecule has 0 aliphatic heterocycles. The van der Waals surface area contributed by atoms with Crippen LogP contribution in [0.1, 0.15) is 32.6 Å². The Morgan fingerprint density at radius 3 is 2.11 bits per heavy atom. The molecule has 0 fully saturated rings. The van der Waals surface area contributed by atoms with Crippen LogP contribution in [-0.2, 0) is 0 Å². The fraction of sp³-hybridized carbons (Fsp3) is 0.188. The molecule has 0 unspecified atom stereocenters. The summed E-state index contributed by atoms with van der Waals surface area (Å²) in [6.45, 7) is 6.07. The van der Waals surface area contributed by atoms with Gasteiger partial charge in [-0.2, -0.15) is 0 Å². The number of hydrogen-bond donors (Lipinski definition) is 0. The summed E-state index contributed by atoms with van der Waals surface area (Å²) in [5.74, 6) is 0.0555. The summed E-state index contributed by atoms with van der Waals surface area (Å²) in [5, 5.41) is 0. The maximum Gasteiger partial charge on any atom is 0.194 e. The molecule has 0 spiro atoms. The minimum Gasteiger partial charge on any atom is -0.289 e. The predicted octanol–water partition coefficient (Wildman–Crippen LogP) is 5.37. The number of ketones is 1. The summed E-state index contributed by atoms with van der Waals surface area (Å²) in [5.41, 5.74) is 4.83. The normalized spacial score (nSPS) is 10.6. The van der Waals surface area contributed by atoms with Crippen molar-refractivity contribution >= 4 is 37.6 Å². The summed E-state index contributed by atoms with van der Waals surface area (Å²) in [4.78, 5) is 12.6. The maximum atomic E-state index is 12.6. The lowest BCUT2D eigenvalue weighted by molar-refractivity contribution is 0.103. The molecule has 98 valence electrons. The summed E-state index contributed by atoms with van der Waals surface area (Å²) >= 11 is 6.85. The first-order valence-corrected chi connectivity index (χ1v) is 7.56. The molecular weight excluding hydrogens is 368 g/mol. The van der Waals surface area contributed by atoms with Gasteiger partial charge >= 0.3 is 0 Å². The van der Waals surface area contributed by atoms with E-state index < -0.39 is 0 Å². The van der Waals surface area contributed by atoms with Crippen molar-refractivity contribution in [3.8, 4) is 0 Å². The number of hydrogen-bond acceptors (Lipinski definition) is 1. The van der Waals surface area contributed by atoms with Crippen LogP contribution >= 0.6 is 31.9 Å². The number of benzene rings is 2. The van der Waals surface area contributed by atoms with Crippen LogP contribution in [0.4, 0.5) is 0 Å². The highest BCUT2D eigenvalue weighted by Crippen LogP contribution is 2.26. The van der Waals surface area contributed by atoms with Crippen molar-refractivity contribution in [3.05, 3.63) is 67.1 Å². The molecule has 0 aromatic heterocycles. The molecule has 0 amide bonds. The Morgan fingerprint density at radius 2 is 1.47 bits per heavy atom. The monoisotopic (exact) mass is 380 g/mol. The topological polar surface area (TPSA) is 17.1 Å². The Bertz CT molecular complexity index is 660. The molecule has 0 saturated carbocycles. The second-order valence-electron chi connectivity index (χ2n) is 4.70. The fourth-order valence-electron chi connectivity index (χ4n) is 2.02. The molecule has 0 atom stereocenters. The van der Waals surface area contributed by atoms with E-state index in [1.807, 2.05) is 38.1 Å². The van der Waals surface area contributed by atoms with Crippen molar-refractivity contribution in [2.24, 2.45) is 0 Å². The Morgan fingerprint density at radius 1 is 0.842 bits per heavy atom. The molecule has 1 nitrogen and oxygen atoms in total. The third-order valence-corrected chi connectivity index (χ3v) is 4.41. The summed E-state index contributed by atoms with van der Waals surface area (Å²) < 4.78 is 1.76. The Labute approximate surface area is 130 Å². The van der Waals surface area contributed by atoms with E-state index in [9.17, 15) is 4.79 Å². The van der Waals surface area contributed by atoms with Crippen LogP contribution in [0, 0.1) is 20.8 Å². The molecule has 0 bridgehead atoms. The average Bonchev–Trinajstić information content (AvgIpc) is 2.33. The van der Waals surface area contributed by atoms with Crippen molar-refractivity contribution in [2.45, 2.75) is 20.8 Å². The zero-order chi connectivity index (χ0) is 14.2. The molecule has 2 aromatic carbocycles. The molecule has 0 N–H and O–H groups in total. The first kappa shape index (κ1) is 14.5. The van der Waals surface area contributed by atoms with E-state index in [2.05, 4.69) is 44.8 Å². The van der Waals surface area contributed by atoms with Crippen molar-refractivity contribution in [1.82, 2.24) is 0 Å². The molecule has 0 aliphatic rings. The van der Waals surface area contributed by atoms with Crippen LogP contribution in [0.2, 0.25) is 0 Å². The van der Waals surface area contributed by atoms with Gasteiger partial charge in [-0.05, 0) is 77.7 Å². The van der Waals surface area contributed by atoms with Gasteiger partial charge in [-0.15, -0.1) is 0 Å². The zero-order valence-electron chi connectivity index (χ0n) is 11.1. The van der Waals surface area contributed by atoms with Crippen LogP contribution in [0.5, 0.6) is 0 Å². The number of halogens is 2. The summed E-state index contributed by atoms with van der Waals surface area (Å²) in [7, 11) is 0. The second-order valence-corrected chi connectivity index (χ2v) is 6.47.